The van der Waals surface area contributed by atoms with Crippen molar-refractivity contribution in [3.63, 3.8) is 0 Å². The maximum atomic E-state index is 5.10. The van der Waals surface area contributed by atoms with Gasteiger partial charge in [0.1, 0.15) is 0 Å². The van der Waals surface area contributed by atoms with Gasteiger partial charge in [-0.15, -0.1) is 0 Å². The van der Waals surface area contributed by atoms with Crippen LogP contribution in [0.3, 0.4) is 0 Å². The van der Waals surface area contributed by atoms with Gasteiger partial charge in [-0.2, -0.15) is 0 Å². The average molecular weight is 740 g/mol. The maximum Gasteiger partial charge on any atom is 0.164 e. The van der Waals surface area contributed by atoms with Gasteiger partial charge in [-0.25, -0.2) is 15.0 Å². The minimum atomic E-state index is 0.626. The first-order chi connectivity index (χ1) is 28.7. The summed E-state index contributed by atoms with van der Waals surface area (Å²) in [4.78, 5) is 15.1. The highest BCUT2D eigenvalue weighted by Crippen LogP contribution is 2.43. The molecule has 0 N–H and O–H groups in total. The minimum Gasteiger partial charge on any atom is -0.208 e. The zero-order valence-corrected chi connectivity index (χ0v) is 31.7. The van der Waals surface area contributed by atoms with Crippen LogP contribution in [0.5, 0.6) is 0 Å². The summed E-state index contributed by atoms with van der Waals surface area (Å²) < 4.78 is 0. The van der Waals surface area contributed by atoms with Gasteiger partial charge in [0.2, 0.25) is 0 Å². The molecular weight excluding hydrogens is 703 g/mol. The molecule has 0 saturated carbocycles. The van der Waals surface area contributed by atoms with E-state index >= 15 is 0 Å². The molecule has 10 rings (SSSR count). The smallest absolute Gasteiger partial charge is 0.164 e. The predicted octanol–water partition coefficient (Wildman–Crippen LogP) is 14.4. The third-order valence-electron chi connectivity index (χ3n) is 10.7. The minimum absolute atomic E-state index is 0.626. The van der Waals surface area contributed by atoms with Gasteiger partial charge in [-0.05, 0) is 90.7 Å². The van der Waals surface area contributed by atoms with Crippen LogP contribution < -0.4 is 0 Å². The summed E-state index contributed by atoms with van der Waals surface area (Å²) in [5.41, 5.74) is 14.4. The van der Waals surface area contributed by atoms with E-state index in [2.05, 4.69) is 164 Å². The van der Waals surface area contributed by atoms with E-state index in [0.717, 1.165) is 38.9 Å². The fourth-order valence-corrected chi connectivity index (χ4v) is 7.88. The van der Waals surface area contributed by atoms with Crippen molar-refractivity contribution in [2.75, 3.05) is 0 Å². The van der Waals surface area contributed by atoms with Crippen LogP contribution in [0.15, 0.2) is 224 Å². The molecule has 0 aliphatic heterocycles. The van der Waals surface area contributed by atoms with Crippen molar-refractivity contribution in [1.29, 1.82) is 0 Å². The van der Waals surface area contributed by atoms with Gasteiger partial charge < -0.3 is 0 Å². The second-order valence-corrected chi connectivity index (χ2v) is 14.4. The maximum absolute atomic E-state index is 5.10. The Morgan fingerprint density at radius 3 is 1.05 bits per heavy atom. The number of aromatic nitrogens is 3. The van der Waals surface area contributed by atoms with E-state index < -0.39 is 0 Å². The second-order valence-electron chi connectivity index (χ2n) is 14.4. The van der Waals surface area contributed by atoms with E-state index in [9.17, 15) is 0 Å². The SMILES string of the molecule is c1ccc(-c2cc(-c3ccccc3)cc(-c3ccc(-c4cc(-c5nc(-c6ccccc6)nc(-c6ccccc6)n5)ccc4-c4ccccc4)c4ccccc34)c2)cc1. The van der Waals surface area contributed by atoms with E-state index in [4.69, 9.17) is 15.0 Å². The predicted molar refractivity (Wildman–Crippen MR) is 241 cm³/mol. The summed E-state index contributed by atoms with van der Waals surface area (Å²) in [6.45, 7) is 0. The Labute approximate surface area is 338 Å². The molecule has 272 valence electrons. The van der Waals surface area contributed by atoms with Crippen molar-refractivity contribution in [1.82, 2.24) is 15.0 Å². The van der Waals surface area contributed by atoms with Crippen molar-refractivity contribution in [3.8, 4) is 89.8 Å². The molecule has 0 aliphatic carbocycles. The van der Waals surface area contributed by atoms with Crippen LogP contribution in [0.2, 0.25) is 0 Å². The van der Waals surface area contributed by atoms with Crippen molar-refractivity contribution >= 4 is 10.8 Å². The van der Waals surface area contributed by atoms with Crippen molar-refractivity contribution in [2.45, 2.75) is 0 Å². The molecule has 9 aromatic carbocycles. The molecule has 0 radical (unpaired) electrons. The number of nitrogens with zero attached hydrogens (tertiary/aromatic N) is 3. The Kier molecular flexibility index (Phi) is 9.23. The Balaban J connectivity index is 1.18. The normalized spacial score (nSPS) is 11.1. The van der Waals surface area contributed by atoms with Crippen LogP contribution in [0, 0.1) is 0 Å². The fourth-order valence-electron chi connectivity index (χ4n) is 7.88. The van der Waals surface area contributed by atoms with Crippen LogP contribution >= 0.6 is 0 Å². The van der Waals surface area contributed by atoms with Crippen molar-refractivity contribution in [2.24, 2.45) is 0 Å². The molecule has 0 saturated heterocycles. The van der Waals surface area contributed by atoms with E-state index in [1.807, 2.05) is 60.7 Å². The van der Waals surface area contributed by atoms with Gasteiger partial charge >= 0.3 is 0 Å². The molecule has 0 bridgehead atoms. The zero-order valence-electron chi connectivity index (χ0n) is 31.7. The van der Waals surface area contributed by atoms with Crippen LogP contribution in [0.25, 0.3) is 101 Å². The highest BCUT2D eigenvalue weighted by molar-refractivity contribution is 6.08. The molecule has 0 atom stereocenters. The van der Waals surface area contributed by atoms with Crippen LogP contribution in [-0.2, 0) is 0 Å². The lowest BCUT2D eigenvalue weighted by molar-refractivity contribution is 1.07. The Bertz CT molecular complexity index is 2900. The summed E-state index contributed by atoms with van der Waals surface area (Å²) in [5, 5.41) is 2.36. The molecule has 10 aromatic rings. The third-order valence-corrected chi connectivity index (χ3v) is 10.7. The van der Waals surface area contributed by atoms with Gasteiger partial charge in [0, 0.05) is 16.7 Å². The fraction of sp³-hybridized carbons (Fsp3) is 0. The Morgan fingerprint density at radius 2 is 0.552 bits per heavy atom. The molecule has 3 heteroatoms. The summed E-state index contributed by atoms with van der Waals surface area (Å²) in [6, 6.07) is 79.1. The number of fused-ring (bicyclic) bond motifs is 1. The molecule has 0 spiro atoms. The van der Waals surface area contributed by atoms with Crippen LogP contribution in [0.4, 0.5) is 0 Å². The standard InChI is InChI=1S/C55H37N3/c1-6-18-38(19-7-1)44-34-45(39-20-8-2-9-21-39)36-46(35-44)48-32-33-51(50-29-17-16-28-49(48)50)52-37-43(30-31-47(52)40-22-10-3-11-23-40)55-57-53(41-24-12-4-13-25-41)56-54(58-55)42-26-14-5-15-27-42/h1-37H. The molecular formula is C55H37N3. The van der Waals surface area contributed by atoms with E-state index in [0.29, 0.717) is 17.5 Å². The lowest BCUT2D eigenvalue weighted by Gasteiger charge is -2.18. The molecule has 0 amide bonds. The first-order valence-electron chi connectivity index (χ1n) is 19.6. The Morgan fingerprint density at radius 1 is 0.190 bits per heavy atom. The Hall–Kier alpha value is -7.75. The summed E-state index contributed by atoms with van der Waals surface area (Å²) >= 11 is 0. The molecule has 0 unspecified atom stereocenters. The zero-order chi connectivity index (χ0) is 38.7. The molecule has 1 heterocycles. The highest BCUT2D eigenvalue weighted by atomic mass is 15.0. The largest absolute Gasteiger partial charge is 0.208 e. The summed E-state index contributed by atoms with van der Waals surface area (Å²) in [5.74, 6) is 1.90. The van der Waals surface area contributed by atoms with Gasteiger partial charge in [0.25, 0.3) is 0 Å². The monoisotopic (exact) mass is 739 g/mol. The molecule has 1 aromatic heterocycles. The van der Waals surface area contributed by atoms with Crippen LogP contribution in [-0.4, -0.2) is 15.0 Å². The van der Waals surface area contributed by atoms with E-state index in [1.54, 1.807) is 0 Å². The summed E-state index contributed by atoms with van der Waals surface area (Å²) in [7, 11) is 0. The van der Waals surface area contributed by atoms with Gasteiger partial charge in [0.15, 0.2) is 17.5 Å². The quantitative estimate of drug-likeness (QED) is 0.156. The third kappa shape index (κ3) is 6.87. The number of hydrogen-bond acceptors (Lipinski definition) is 3. The lowest BCUT2D eigenvalue weighted by Crippen LogP contribution is -2.00. The number of benzene rings is 9. The number of hydrogen-bond donors (Lipinski definition) is 0. The summed E-state index contributed by atoms with van der Waals surface area (Å²) in [6.07, 6.45) is 0. The van der Waals surface area contributed by atoms with Crippen LogP contribution in [0.1, 0.15) is 0 Å². The number of rotatable bonds is 8. The first-order valence-corrected chi connectivity index (χ1v) is 19.6. The topological polar surface area (TPSA) is 38.7 Å². The van der Waals surface area contributed by atoms with Crippen molar-refractivity contribution in [3.05, 3.63) is 224 Å². The highest BCUT2D eigenvalue weighted by Gasteiger charge is 2.18. The van der Waals surface area contributed by atoms with Gasteiger partial charge in [0.05, 0.1) is 0 Å². The second kappa shape index (κ2) is 15.4. The van der Waals surface area contributed by atoms with Gasteiger partial charge in [-0.3, -0.25) is 0 Å². The first kappa shape index (κ1) is 34.7. The lowest BCUT2D eigenvalue weighted by atomic mass is 9.86. The van der Waals surface area contributed by atoms with Gasteiger partial charge in [-0.1, -0.05) is 200 Å². The molecule has 0 aliphatic rings. The van der Waals surface area contributed by atoms with E-state index in [-0.39, 0.29) is 0 Å². The molecule has 0 fully saturated rings. The van der Waals surface area contributed by atoms with Crippen molar-refractivity contribution < 1.29 is 0 Å². The molecule has 3 nitrogen and oxygen atoms in total. The van der Waals surface area contributed by atoms with E-state index in [1.165, 1.54) is 44.2 Å². The average Bonchev–Trinajstić information content (AvgIpc) is 3.32. The molecule has 58 heavy (non-hydrogen) atoms.